The molecule has 1 N–H and O–H groups in total. The Morgan fingerprint density at radius 1 is 1.10 bits per heavy atom. The predicted molar refractivity (Wildman–Crippen MR) is 150 cm³/mol. The van der Waals surface area contributed by atoms with Crippen LogP contribution in [0.25, 0.3) is 22.4 Å². The summed E-state index contributed by atoms with van der Waals surface area (Å²) in [5.41, 5.74) is 4.16. The molecule has 8 heteroatoms. The highest BCUT2D eigenvalue weighted by molar-refractivity contribution is 6.01. The highest BCUT2D eigenvalue weighted by Crippen LogP contribution is 2.44. The molecular formula is C31H35N3O5. The van der Waals surface area contributed by atoms with Crippen LogP contribution in [0.15, 0.2) is 60.7 Å². The van der Waals surface area contributed by atoms with E-state index in [0.717, 1.165) is 47.2 Å². The Bertz CT molecular complexity index is 1360. The van der Waals surface area contributed by atoms with Crippen molar-refractivity contribution in [1.82, 2.24) is 10.3 Å². The van der Waals surface area contributed by atoms with Gasteiger partial charge in [0.2, 0.25) is 12.0 Å². The topological polar surface area (TPSA) is 90.0 Å². The summed E-state index contributed by atoms with van der Waals surface area (Å²) in [6.45, 7) is 5.72. The van der Waals surface area contributed by atoms with Gasteiger partial charge in [0.1, 0.15) is 11.3 Å². The van der Waals surface area contributed by atoms with Crippen LogP contribution < -0.4 is 15.0 Å². The number of fused-ring (bicyclic) bond motifs is 1. The van der Waals surface area contributed by atoms with E-state index in [9.17, 15) is 9.59 Å². The Balaban J connectivity index is 1.52. The number of hydrogen-bond acceptors (Lipinski definition) is 6. The zero-order valence-corrected chi connectivity index (χ0v) is 23.1. The van der Waals surface area contributed by atoms with Crippen molar-refractivity contribution < 1.29 is 23.8 Å². The zero-order chi connectivity index (χ0) is 27.8. The van der Waals surface area contributed by atoms with Crippen molar-refractivity contribution in [3.05, 3.63) is 66.2 Å². The van der Waals surface area contributed by atoms with E-state index in [2.05, 4.69) is 5.32 Å². The van der Waals surface area contributed by atoms with Crippen LogP contribution in [-0.4, -0.2) is 49.5 Å². The number of ether oxygens (including phenoxy) is 3. The lowest BCUT2D eigenvalue weighted by Gasteiger charge is -2.43. The second-order valence-electron chi connectivity index (χ2n) is 11.2. The molecule has 1 unspecified atom stereocenters. The molecule has 1 aliphatic carbocycles. The second kappa shape index (κ2) is 10.3. The third-order valence-corrected chi connectivity index (χ3v) is 7.25. The fourth-order valence-electron chi connectivity index (χ4n) is 5.11. The molecule has 0 radical (unpaired) electrons. The van der Waals surface area contributed by atoms with Crippen molar-refractivity contribution in [2.45, 2.75) is 57.3 Å². The molecule has 0 saturated heterocycles. The number of likely N-dealkylation sites (N-methyl/N-ethyl adjacent to an activating group) is 1. The van der Waals surface area contributed by atoms with Gasteiger partial charge < -0.3 is 24.4 Å². The maximum atomic E-state index is 12.9. The molecule has 2 amide bonds. The van der Waals surface area contributed by atoms with E-state index in [0.29, 0.717) is 11.6 Å². The predicted octanol–water partition coefficient (Wildman–Crippen LogP) is 5.69. The summed E-state index contributed by atoms with van der Waals surface area (Å²) < 4.78 is 16.7. The van der Waals surface area contributed by atoms with Gasteiger partial charge in [-0.25, -0.2) is 9.78 Å². The lowest BCUT2D eigenvalue weighted by molar-refractivity contribution is -0.128. The number of anilines is 1. The van der Waals surface area contributed by atoms with Crippen molar-refractivity contribution >= 4 is 17.7 Å². The van der Waals surface area contributed by atoms with Crippen LogP contribution in [0.4, 0.5) is 10.5 Å². The molecule has 1 aliphatic heterocycles. The summed E-state index contributed by atoms with van der Waals surface area (Å²) in [5, 5.41) is 3.12. The molecule has 2 aliphatic rings. The minimum atomic E-state index is -0.754. The fourth-order valence-corrected chi connectivity index (χ4v) is 5.11. The molecule has 3 aromatic rings. The Morgan fingerprint density at radius 3 is 2.38 bits per heavy atom. The number of carbonyl (C=O) groups excluding carboxylic acids is 2. The van der Waals surface area contributed by atoms with E-state index in [4.69, 9.17) is 19.2 Å². The van der Waals surface area contributed by atoms with Crippen molar-refractivity contribution in [3.8, 4) is 28.3 Å². The molecule has 0 bridgehead atoms. The van der Waals surface area contributed by atoms with Crippen LogP contribution in [-0.2, 0) is 19.8 Å². The molecule has 2 heterocycles. The van der Waals surface area contributed by atoms with Crippen molar-refractivity contribution in [1.29, 1.82) is 0 Å². The number of carbonyl (C=O) groups is 2. The number of methoxy groups -OCH3 is 1. The van der Waals surface area contributed by atoms with Gasteiger partial charge in [-0.2, -0.15) is 0 Å². The Hall–Kier alpha value is -3.91. The Morgan fingerprint density at radius 2 is 1.79 bits per heavy atom. The minimum Gasteiger partial charge on any atom is -0.460 e. The SMILES string of the molecule is COCC1Oc2nc(-c3ccc(C4(NC(=O)OC(C)(C)C)CCC4)cc3)c(-c3ccccc3)cc2N(C)C1=O. The molecule has 5 rings (SSSR count). The lowest BCUT2D eigenvalue weighted by Crippen LogP contribution is -2.52. The van der Waals surface area contributed by atoms with Gasteiger partial charge in [0.25, 0.3) is 5.91 Å². The van der Waals surface area contributed by atoms with Crippen molar-refractivity contribution in [3.63, 3.8) is 0 Å². The number of nitrogens with one attached hydrogen (secondary N) is 1. The maximum absolute atomic E-state index is 12.9. The fraction of sp³-hybridized carbons (Fsp3) is 0.387. The van der Waals surface area contributed by atoms with Gasteiger partial charge >= 0.3 is 6.09 Å². The number of nitrogens with zero attached hydrogens (tertiary/aromatic N) is 2. The molecular weight excluding hydrogens is 494 g/mol. The van der Waals surface area contributed by atoms with Crippen molar-refractivity contribution in [2.24, 2.45) is 0 Å². The van der Waals surface area contributed by atoms with E-state index in [1.807, 2.05) is 81.4 Å². The quantitative estimate of drug-likeness (QED) is 0.441. The summed E-state index contributed by atoms with van der Waals surface area (Å²) in [7, 11) is 3.27. The summed E-state index contributed by atoms with van der Waals surface area (Å²) in [5.74, 6) is 0.213. The molecule has 1 saturated carbocycles. The Labute approximate surface area is 229 Å². The summed E-state index contributed by atoms with van der Waals surface area (Å²) in [6.07, 6.45) is 1.58. The van der Waals surface area contributed by atoms with Crippen LogP contribution in [0.2, 0.25) is 0 Å². The third kappa shape index (κ3) is 5.34. The highest BCUT2D eigenvalue weighted by Gasteiger charge is 2.41. The van der Waals surface area contributed by atoms with Gasteiger partial charge in [-0.3, -0.25) is 4.79 Å². The highest BCUT2D eigenvalue weighted by atomic mass is 16.6. The van der Waals surface area contributed by atoms with Gasteiger partial charge in [-0.05, 0) is 57.2 Å². The molecule has 1 atom stereocenters. The first-order chi connectivity index (χ1) is 18.6. The van der Waals surface area contributed by atoms with Gasteiger partial charge in [0.05, 0.1) is 17.8 Å². The van der Waals surface area contributed by atoms with Gasteiger partial charge in [0.15, 0.2) is 0 Å². The second-order valence-corrected chi connectivity index (χ2v) is 11.2. The first-order valence-corrected chi connectivity index (χ1v) is 13.3. The van der Waals surface area contributed by atoms with Crippen LogP contribution in [0, 0.1) is 0 Å². The van der Waals surface area contributed by atoms with E-state index in [1.165, 1.54) is 7.11 Å². The summed E-state index contributed by atoms with van der Waals surface area (Å²) in [4.78, 5) is 32.0. The molecule has 8 nitrogen and oxygen atoms in total. The maximum Gasteiger partial charge on any atom is 0.408 e. The summed E-state index contributed by atoms with van der Waals surface area (Å²) >= 11 is 0. The standard InChI is InChI=1S/C31H35N3O5/c1-30(2,3)39-29(36)33-31(16-9-17-31)22-14-12-21(13-15-22)26-23(20-10-7-6-8-11-20)18-24-27(32-26)38-25(19-37-5)28(35)34(24)4/h6-8,10-15,18,25H,9,16-17,19H2,1-5H3,(H,33,36). The number of rotatable bonds is 6. The monoisotopic (exact) mass is 529 g/mol. The van der Waals surface area contributed by atoms with E-state index in [1.54, 1.807) is 11.9 Å². The number of aromatic nitrogens is 1. The number of amides is 2. The average molecular weight is 530 g/mol. The molecule has 1 fully saturated rings. The summed E-state index contributed by atoms with van der Waals surface area (Å²) in [6, 6.07) is 20.1. The van der Waals surface area contributed by atoms with Crippen molar-refractivity contribution in [2.75, 3.05) is 25.7 Å². The third-order valence-electron chi connectivity index (χ3n) is 7.25. The number of benzene rings is 2. The molecule has 204 valence electrons. The molecule has 1 aromatic heterocycles. The minimum absolute atomic E-state index is 0.140. The zero-order valence-electron chi connectivity index (χ0n) is 23.1. The normalized spacial score (nSPS) is 18.0. The van der Waals surface area contributed by atoms with Crippen LogP contribution in [0.3, 0.4) is 0 Å². The van der Waals surface area contributed by atoms with Crippen LogP contribution in [0.1, 0.15) is 45.6 Å². The molecule has 39 heavy (non-hydrogen) atoms. The van der Waals surface area contributed by atoms with Gasteiger partial charge in [-0.15, -0.1) is 0 Å². The lowest BCUT2D eigenvalue weighted by atomic mass is 9.71. The number of hydrogen-bond donors (Lipinski definition) is 1. The van der Waals surface area contributed by atoms with E-state index >= 15 is 0 Å². The number of alkyl carbamates (subject to hydrolysis) is 1. The van der Waals surface area contributed by atoms with Gasteiger partial charge in [-0.1, -0.05) is 54.6 Å². The van der Waals surface area contributed by atoms with Crippen LogP contribution >= 0.6 is 0 Å². The largest absolute Gasteiger partial charge is 0.460 e. The molecule has 2 aromatic carbocycles. The first kappa shape index (κ1) is 26.7. The van der Waals surface area contributed by atoms with E-state index < -0.39 is 23.3 Å². The smallest absolute Gasteiger partial charge is 0.408 e. The van der Waals surface area contributed by atoms with Gasteiger partial charge in [0, 0.05) is 25.3 Å². The van der Waals surface area contributed by atoms with E-state index in [-0.39, 0.29) is 12.5 Å². The average Bonchev–Trinajstić information content (AvgIpc) is 2.88. The Kier molecular flexibility index (Phi) is 7.07. The molecule has 0 spiro atoms. The first-order valence-electron chi connectivity index (χ1n) is 13.3. The number of pyridine rings is 1. The van der Waals surface area contributed by atoms with Crippen LogP contribution in [0.5, 0.6) is 5.88 Å².